The van der Waals surface area contributed by atoms with Crippen molar-refractivity contribution in [1.82, 2.24) is 29.5 Å². The number of rotatable bonds is 10. The van der Waals surface area contributed by atoms with Crippen LogP contribution in [0, 0.1) is 11.6 Å². The van der Waals surface area contributed by atoms with E-state index in [0.29, 0.717) is 42.7 Å². The highest BCUT2D eigenvalue weighted by atomic mass is 19.1. The zero-order valence-electron chi connectivity index (χ0n) is 20.4. The maximum absolute atomic E-state index is 14.8. The number of pyridine rings is 1. The van der Waals surface area contributed by atoms with Crippen LogP contribution in [-0.2, 0) is 17.8 Å². The molecule has 11 heteroatoms. The van der Waals surface area contributed by atoms with Gasteiger partial charge in [0.15, 0.2) is 0 Å². The van der Waals surface area contributed by atoms with Crippen molar-refractivity contribution in [3.8, 4) is 17.3 Å². The van der Waals surface area contributed by atoms with Crippen molar-refractivity contribution in [2.24, 2.45) is 0 Å². The fourth-order valence-electron chi connectivity index (χ4n) is 3.98. The number of para-hydroxylation sites is 1. The summed E-state index contributed by atoms with van der Waals surface area (Å²) < 4.78 is 43.4. The Kier molecular flexibility index (Phi) is 7.04. The smallest absolute Gasteiger partial charge is 0.226 e. The van der Waals surface area contributed by atoms with Crippen LogP contribution in [-0.4, -0.2) is 49.9 Å². The second kappa shape index (κ2) is 10.7. The first-order valence-electron chi connectivity index (χ1n) is 11.7. The van der Waals surface area contributed by atoms with Crippen molar-refractivity contribution in [2.75, 3.05) is 25.6 Å². The van der Waals surface area contributed by atoms with Gasteiger partial charge in [0.05, 0.1) is 31.8 Å². The number of nitrogens with zero attached hydrogens (tertiary/aromatic N) is 6. The molecule has 0 radical (unpaired) electrons. The summed E-state index contributed by atoms with van der Waals surface area (Å²) in [6.07, 6.45) is 3.35. The van der Waals surface area contributed by atoms with E-state index in [1.54, 1.807) is 35.8 Å². The highest BCUT2D eigenvalue weighted by Crippen LogP contribution is 2.29. The van der Waals surface area contributed by atoms with E-state index in [1.807, 2.05) is 36.4 Å². The predicted octanol–water partition coefficient (Wildman–Crippen LogP) is 4.81. The number of halogens is 2. The lowest BCUT2D eigenvalue weighted by atomic mass is 10.1. The summed E-state index contributed by atoms with van der Waals surface area (Å²) in [5.74, 6) is -0.381. The van der Waals surface area contributed by atoms with E-state index in [-0.39, 0.29) is 17.9 Å². The maximum Gasteiger partial charge on any atom is 0.226 e. The molecule has 0 aliphatic rings. The molecular weight excluding hydrogens is 480 g/mol. The van der Waals surface area contributed by atoms with Gasteiger partial charge in [-0.2, -0.15) is 10.1 Å². The summed E-state index contributed by atoms with van der Waals surface area (Å²) in [5, 5.41) is 13.3. The minimum absolute atomic E-state index is 0.109. The summed E-state index contributed by atoms with van der Waals surface area (Å²) in [4.78, 5) is 8.72. The first-order chi connectivity index (χ1) is 18.1. The molecule has 2 aromatic carbocycles. The van der Waals surface area contributed by atoms with Gasteiger partial charge in [-0.05, 0) is 25.1 Å². The molecule has 37 heavy (non-hydrogen) atoms. The molecule has 0 saturated carbocycles. The van der Waals surface area contributed by atoms with Gasteiger partial charge in [0, 0.05) is 48.3 Å². The third-order valence-electron chi connectivity index (χ3n) is 5.72. The first-order valence-corrected chi connectivity index (χ1v) is 11.7. The van der Waals surface area contributed by atoms with Crippen LogP contribution >= 0.6 is 0 Å². The Morgan fingerprint density at radius 1 is 0.973 bits per heavy atom. The second-order valence-corrected chi connectivity index (χ2v) is 8.16. The molecule has 0 bridgehead atoms. The summed E-state index contributed by atoms with van der Waals surface area (Å²) in [5.41, 5.74) is 1.88. The number of hydrogen-bond acceptors (Lipinski definition) is 7. The van der Waals surface area contributed by atoms with Crippen LogP contribution in [0.1, 0.15) is 12.5 Å². The first kappa shape index (κ1) is 24.3. The van der Waals surface area contributed by atoms with Crippen molar-refractivity contribution in [1.29, 1.82) is 0 Å². The number of benzene rings is 2. The third-order valence-corrected chi connectivity index (χ3v) is 5.72. The number of aromatic nitrogens is 6. The number of hydrogen-bond donors (Lipinski definition) is 1. The van der Waals surface area contributed by atoms with Crippen molar-refractivity contribution in [3.63, 3.8) is 0 Å². The van der Waals surface area contributed by atoms with E-state index in [9.17, 15) is 8.78 Å². The quantitative estimate of drug-likeness (QED) is 0.291. The lowest BCUT2D eigenvalue weighted by molar-refractivity contribution is 0.184. The van der Waals surface area contributed by atoms with Crippen LogP contribution in [0.4, 0.5) is 20.4 Å². The van der Waals surface area contributed by atoms with Crippen LogP contribution in [0.25, 0.3) is 22.4 Å². The third kappa shape index (κ3) is 5.12. The Bertz CT molecular complexity index is 1500. The van der Waals surface area contributed by atoms with E-state index >= 15 is 0 Å². The fraction of sp³-hybridized carbons (Fsp3) is 0.231. The Labute approximate surface area is 211 Å². The minimum atomic E-state index is -0.699. The number of ether oxygens (including phenoxy) is 2. The predicted molar refractivity (Wildman–Crippen MR) is 135 cm³/mol. The van der Waals surface area contributed by atoms with Gasteiger partial charge in [0.1, 0.15) is 23.1 Å². The minimum Gasteiger partial charge on any atom is -0.494 e. The van der Waals surface area contributed by atoms with Gasteiger partial charge in [-0.3, -0.25) is 9.67 Å². The largest absolute Gasteiger partial charge is 0.494 e. The highest BCUT2D eigenvalue weighted by Gasteiger charge is 2.21. The van der Waals surface area contributed by atoms with Crippen LogP contribution in [0.2, 0.25) is 0 Å². The molecule has 0 aliphatic carbocycles. The molecule has 3 aromatic heterocycles. The Morgan fingerprint density at radius 3 is 2.46 bits per heavy atom. The normalized spacial score (nSPS) is 11.2. The zero-order chi connectivity index (χ0) is 25.8. The molecule has 190 valence electrons. The van der Waals surface area contributed by atoms with Crippen molar-refractivity contribution >= 4 is 22.5 Å². The number of anilines is 2. The molecule has 5 aromatic rings. The van der Waals surface area contributed by atoms with E-state index in [0.717, 1.165) is 11.1 Å². The van der Waals surface area contributed by atoms with Crippen molar-refractivity contribution < 1.29 is 18.3 Å². The number of nitrogens with one attached hydrogen (secondary N) is 1. The number of fused-ring (bicyclic) bond motifs is 1. The molecule has 5 rings (SSSR count). The molecule has 3 heterocycles. The van der Waals surface area contributed by atoms with E-state index in [1.165, 1.54) is 12.1 Å². The van der Waals surface area contributed by atoms with Crippen LogP contribution < -0.4 is 10.1 Å². The van der Waals surface area contributed by atoms with Gasteiger partial charge in [-0.1, -0.05) is 18.2 Å². The SMILES string of the molecule is CCOc1cc(F)c(Cn2nc(-c3nc(Nc4ccncc4)n(CCOC)n3)c3ccccc32)c(F)c1. The number of methoxy groups -OCH3 is 1. The van der Waals surface area contributed by atoms with E-state index in [2.05, 4.69) is 20.5 Å². The monoisotopic (exact) mass is 505 g/mol. The standard InChI is InChI=1S/C26H25F2N7O2/c1-3-37-18-14-21(27)20(22(28)15-18)16-35-23-7-5-4-6-19(23)24(32-35)25-31-26(34(33-25)12-13-36-2)30-17-8-10-29-11-9-17/h4-11,14-15H,3,12-13,16H2,1-2H3,(H,29,30,31,33). The van der Waals surface area contributed by atoms with Gasteiger partial charge in [0.2, 0.25) is 11.8 Å². The molecule has 0 aliphatic heterocycles. The van der Waals surface area contributed by atoms with E-state index < -0.39 is 11.6 Å². The molecule has 9 nitrogen and oxygen atoms in total. The maximum atomic E-state index is 14.8. The van der Waals surface area contributed by atoms with E-state index in [4.69, 9.17) is 14.5 Å². The summed E-state index contributed by atoms with van der Waals surface area (Å²) in [6, 6.07) is 13.4. The summed E-state index contributed by atoms with van der Waals surface area (Å²) in [7, 11) is 1.61. The van der Waals surface area contributed by atoms with Gasteiger partial charge >= 0.3 is 0 Å². The highest BCUT2D eigenvalue weighted by molar-refractivity contribution is 5.91. The molecule has 0 saturated heterocycles. The molecule has 0 amide bonds. The van der Waals surface area contributed by atoms with Gasteiger partial charge in [-0.25, -0.2) is 13.5 Å². The Balaban J connectivity index is 1.55. The van der Waals surface area contributed by atoms with Crippen molar-refractivity contribution in [3.05, 3.63) is 78.1 Å². The lowest BCUT2D eigenvalue weighted by Crippen LogP contribution is -2.09. The van der Waals surface area contributed by atoms with Crippen LogP contribution in [0.3, 0.4) is 0 Å². The summed E-state index contributed by atoms with van der Waals surface area (Å²) in [6.45, 7) is 2.84. The fourth-order valence-corrected chi connectivity index (χ4v) is 3.98. The van der Waals surface area contributed by atoms with Crippen LogP contribution in [0.15, 0.2) is 60.9 Å². The van der Waals surface area contributed by atoms with Gasteiger partial charge < -0.3 is 14.8 Å². The zero-order valence-corrected chi connectivity index (χ0v) is 20.4. The Morgan fingerprint density at radius 2 is 1.73 bits per heavy atom. The molecule has 0 unspecified atom stereocenters. The van der Waals surface area contributed by atoms with Gasteiger partial charge in [-0.15, -0.1) is 5.10 Å². The van der Waals surface area contributed by atoms with Gasteiger partial charge in [0.25, 0.3) is 0 Å². The topological polar surface area (TPSA) is 91.9 Å². The summed E-state index contributed by atoms with van der Waals surface area (Å²) >= 11 is 0. The molecule has 1 N–H and O–H groups in total. The molecule has 0 fully saturated rings. The average Bonchev–Trinajstić information content (AvgIpc) is 3.47. The van der Waals surface area contributed by atoms with Crippen LogP contribution in [0.5, 0.6) is 5.75 Å². The molecule has 0 spiro atoms. The lowest BCUT2D eigenvalue weighted by Gasteiger charge is -2.09. The van der Waals surface area contributed by atoms with Crippen molar-refractivity contribution in [2.45, 2.75) is 20.0 Å². The molecular formula is C26H25F2N7O2. The molecule has 0 atom stereocenters. The average molecular weight is 506 g/mol. The second-order valence-electron chi connectivity index (χ2n) is 8.16. The Hall–Kier alpha value is -4.38.